The molecule has 5 rings (SSSR count). The number of rotatable bonds is 5. The van der Waals surface area contributed by atoms with Crippen LogP contribution in [0.25, 0.3) is 0 Å². The molecule has 4 fully saturated rings. The number of nitrogens with zero attached hydrogens (tertiary/aromatic N) is 2. The van der Waals surface area contributed by atoms with Crippen molar-refractivity contribution < 1.29 is 9.72 Å². The van der Waals surface area contributed by atoms with Crippen LogP contribution in [0, 0.1) is 33.3 Å². The Morgan fingerprint density at radius 3 is 2.24 bits per heavy atom. The highest BCUT2D eigenvalue weighted by Crippen LogP contribution is 2.61. The van der Waals surface area contributed by atoms with E-state index in [1.807, 2.05) is 0 Å². The fourth-order valence-corrected chi connectivity index (χ4v) is 5.75. The first kappa shape index (κ1) is 16.2. The number of nitro groups is 1. The van der Waals surface area contributed by atoms with Crippen molar-refractivity contribution in [1.29, 1.82) is 0 Å². The third-order valence-corrected chi connectivity index (χ3v) is 6.21. The zero-order valence-corrected chi connectivity index (χ0v) is 14.2. The fraction of sp³-hybridized carbons (Fsp3) is 0.579. The quantitative estimate of drug-likeness (QED) is 0.504. The minimum Gasteiger partial charge on any atom is -0.273 e. The lowest BCUT2D eigenvalue weighted by molar-refractivity contribution is -0.384. The van der Waals surface area contributed by atoms with Crippen LogP contribution in [0.4, 0.5) is 5.69 Å². The third-order valence-electron chi connectivity index (χ3n) is 6.21. The summed E-state index contributed by atoms with van der Waals surface area (Å²) in [5.41, 5.74) is 3.62. The summed E-state index contributed by atoms with van der Waals surface area (Å²) in [6.45, 7) is 0. The summed E-state index contributed by atoms with van der Waals surface area (Å²) in [5.74, 6) is 2.49. The van der Waals surface area contributed by atoms with Crippen molar-refractivity contribution in [2.24, 2.45) is 28.3 Å². The van der Waals surface area contributed by atoms with E-state index in [1.165, 1.54) is 56.9 Å². The van der Waals surface area contributed by atoms with Gasteiger partial charge in [0.15, 0.2) is 0 Å². The monoisotopic (exact) mass is 341 g/mol. The van der Waals surface area contributed by atoms with Gasteiger partial charge in [-0.15, -0.1) is 0 Å². The fourth-order valence-electron chi connectivity index (χ4n) is 5.75. The molecule has 4 aliphatic carbocycles. The first-order valence-corrected chi connectivity index (χ1v) is 9.08. The number of hydrogen-bond donors (Lipinski definition) is 1. The van der Waals surface area contributed by atoms with Gasteiger partial charge in [0, 0.05) is 18.6 Å². The summed E-state index contributed by atoms with van der Waals surface area (Å²) in [7, 11) is 0. The van der Waals surface area contributed by atoms with Gasteiger partial charge in [-0.2, -0.15) is 5.10 Å². The number of nitro benzene ring substituents is 1. The largest absolute Gasteiger partial charge is 0.273 e. The molecule has 132 valence electrons. The molecule has 0 atom stereocenters. The van der Waals surface area contributed by atoms with E-state index in [0.29, 0.717) is 6.42 Å². The summed E-state index contributed by atoms with van der Waals surface area (Å²) >= 11 is 0. The molecule has 0 spiro atoms. The molecule has 0 radical (unpaired) electrons. The Labute approximate surface area is 146 Å². The standard InChI is InChI=1S/C19H23N3O3/c23-18(21-20-12-13-1-3-17(4-2-13)22(24)25)11-19-8-14-5-15(9-19)7-16(6-14)10-19/h1-4,12,14-16H,5-11H2,(H,21,23)/b20-12+. The van der Waals surface area contributed by atoms with Crippen molar-refractivity contribution in [1.82, 2.24) is 5.43 Å². The molecule has 0 aliphatic heterocycles. The van der Waals surface area contributed by atoms with Crippen LogP contribution in [-0.2, 0) is 4.79 Å². The maximum atomic E-state index is 12.3. The van der Waals surface area contributed by atoms with Crippen LogP contribution >= 0.6 is 0 Å². The molecule has 4 bridgehead atoms. The van der Waals surface area contributed by atoms with Crippen LogP contribution < -0.4 is 5.43 Å². The second-order valence-corrected chi connectivity index (χ2v) is 8.24. The van der Waals surface area contributed by atoms with E-state index >= 15 is 0 Å². The normalized spacial score (nSPS) is 32.9. The SMILES string of the molecule is O=C(CC12CC3CC(CC(C3)C1)C2)N/N=C/c1ccc([N+](=O)[O-])cc1. The van der Waals surface area contributed by atoms with Gasteiger partial charge in [0.1, 0.15) is 0 Å². The molecule has 0 aromatic heterocycles. The summed E-state index contributed by atoms with van der Waals surface area (Å²) < 4.78 is 0. The minimum atomic E-state index is -0.436. The number of carbonyl (C=O) groups excluding carboxylic acids is 1. The van der Waals surface area contributed by atoms with E-state index in [-0.39, 0.29) is 17.0 Å². The van der Waals surface area contributed by atoms with Gasteiger partial charge in [-0.25, -0.2) is 5.43 Å². The molecule has 0 saturated heterocycles. The number of hydrazone groups is 1. The van der Waals surface area contributed by atoms with Crippen LogP contribution in [0.5, 0.6) is 0 Å². The lowest BCUT2D eigenvalue weighted by Gasteiger charge is -2.56. The van der Waals surface area contributed by atoms with Crippen LogP contribution in [0.15, 0.2) is 29.4 Å². The smallest absolute Gasteiger partial charge is 0.269 e. The predicted molar refractivity (Wildman–Crippen MR) is 94.1 cm³/mol. The zero-order chi connectivity index (χ0) is 17.4. The Kier molecular flexibility index (Phi) is 4.06. The van der Waals surface area contributed by atoms with Crippen LogP contribution in [0.2, 0.25) is 0 Å². The molecule has 1 aromatic carbocycles. The molecular weight excluding hydrogens is 318 g/mol. The van der Waals surface area contributed by atoms with Crippen LogP contribution in [0.1, 0.15) is 50.5 Å². The molecule has 0 heterocycles. The number of non-ortho nitro benzene ring substituents is 1. The summed E-state index contributed by atoms with van der Waals surface area (Å²) in [6.07, 6.45) is 9.85. The predicted octanol–water partition coefficient (Wildman–Crippen LogP) is 3.65. The van der Waals surface area contributed by atoms with Crippen molar-refractivity contribution in [3.05, 3.63) is 39.9 Å². The lowest BCUT2D eigenvalue weighted by atomic mass is 9.49. The van der Waals surface area contributed by atoms with E-state index in [0.717, 1.165) is 23.3 Å². The summed E-state index contributed by atoms with van der Waals surface area (Å²) in [5, 5.41) is 14.7. The number of hydrogen-bond acceptors (Lipinski definition) is 4. The molecule has 1 N–H and O–H groups in total. The van der Waals surface area contributed by atoms with Gasteiger partial charge in [0.25, 0.3) is 5.69 Å². The van der Waals surface area contributed by atoms with Crippen molar-refractivity contribution in [3.8, 4) is 0 Å². The highest BCUT2D eigenvalue weighted by Gasteiger charge is 2.51. The second-order valence-electron chi connectivity index (χ2n) is 8.24. The topological polar surface area (TPSA) is 84.6 Å². The van der Waals surface area contributed by atoms with Crippen molar-refractivity contribution in [2.45, 2.75) is 44.9 Å². The lowest BCUT2D eigenvalue weighted by Crippen LogP contribution is -2.47. The third kappa shape index (κ3) is 3.43. The maximum absolute atomic E-state index is 12.3. The Balaban J connectivity index is 1.33. The molecule has 1 amide bonds. The van der Waals surface area contributed by atoms with Gasteiger partial charge < -0.3 is 0 Å². The maximum Gasteiger partial charge on any atom is 0.269 e. The molecule has 6 nitrogen and oxygen atoms in total. The number of nitrogens with one attached hydrogen (secondary N) is 1. The van der Waals surface area contributed by atoms with Gasteiger partial charge in [-0.3, -0.25) is 14.9 Å². The molecule has 25 heavy (non-hydrogen) atoms. The van der Waals surface area contributed by atoms with E-state index in [1.54, 1.807) is 12.1 Å². The highest BCUT2D eigenvalue weighted by atomic mass is 16.6. The Hall–Kier alpha value is -2.24. The Bertz CT molecular complexity index is 676. The first-order chi connectivity index (χ1) is 12.0. The Morgan fingerprint density at radius 2 is 1.72 bits per heavy atom. The van der Waals surface area contributed by atoms with E-state index < -0.39 is 4.92 Å². The number of amides is 1. The average molecular weight is 341 g/mol. The van der Waals surface area contributed by atoms with Gasteiger partial charge in [0.2, 0.25) is 5.91 Å². The minimum absolute atomic E-state index is 0.0138. The van der Waals surface area contributed by atoms with Gasteiger partial charge in [-0.1, -0.05) is 0 Å². The van der Waals surface area contributed by atoms with E-state index in [2.05, 4.69) is 10.5 Å². The van der Waals surface area contributed by atoms with Crippen molar-refractivity contribution in [3.63, 3.8) is 0 Å². The second kappa shape index (κ2) is 6.24. The molecule has 6 heteroatoms. The zero-order valence-electron chi connectivity index (χ0n) is 14.2. The Morgan fingerprint density at radius 1 is 1.16 bits per heavy atom. The molecule has 1 aromatic rings. The van der Waals surface area contributed by atoms with Crippen LogP contribution in [0.3, 0.4) is 0 Å². The highest BCUT2D eigenvalue weighted by molar-refractivity contribution is 5.82. The van der Waals surface area contributed by atoms with Gasteiger partial charge in [-0.05, 0) is 79.4 Å². The number of benzene rings is 1. The molecule has 4 aliphatic rings. The number of carbonyl (C=O) groups is 1. The van der Waals surface area contributed by atoms with Crippen molar-refractivity contribution >= 4 is 17.8 Å². The summed E-state index contributed by atoms with van der Waals surface area (Å²) in [6, 6.07) is 6.09. The van der Waals surface area contributed by atoms with Crippen molar-refractivity contribution in [2.75, 3.05) is 0 Å². The van der Waals surface area contributed by atoms with Gasteiger partial charge in [0.05, 0.1) is 11.1 Å². The summed E-state index contributed by atoms with van der Waals surface area (Å²) in [4.78, 5) is 22.5. The first-order valence-electron chi connectivity index (χ1n) is 9.08. The van der Waals surface area contributed by atoms with Crippen LogP contribution in [-0.4, -0.2) is 17.0 Å². The van der Waals surface area contributed by atoms with E-state index in [4.69, 9.17) is 0 Å². The average Bonchev–Trinajstić information content (AvgIpc) is 2.53. The van der Waals surface area contributed by atoms with Gasteiger partial charge >= 0.3 is 0 Å². The van der Waals surface area contributed by atoms with E-state index in [9.17, 15) is 14.9 Å². The molecular formula is C19H23N3O3. The molecule has 0 unspecified atom stereocenters. The molecule has 4 saturated carbocycles.